The Morgan fingerprint density at radius 1 is 1.07 bits per heavy atom. The van der Waals surface area contributed by atoms with Crippen molar-refractivity contribution in [2.24, 2.45) is 0 Å². The van der Waals surface area contributed by atoms with Crippen molar-refractivity contribution in [3.8, 4) is 11.4 Å². The fourth-order valence-electron chi connectivity index (χ4n) is 3.76. The van der Waals surface area contributed by atoms with Gasteiger partial charge in [-0.2, -0.15) is 0 Å². The number of anilines is 1. The summed E-state index contributed by atoms with van der Waals surface area (Å²) in [7, 11) is 0. The second-order valence-electron chi connectivity index (χ2n) is 6.70. The summed E-state index contributed by atoms with van der Waals surface area (Å²) >= 11 is 0. The minimum Gasteiger partial charge on any atom is -0.480 e. The van der Waals surface area contributed by atoms with E-state index in [1.165, 1.54) is 0 Å². The van der Waals surface area contributed by atoms with Gasteiger partial charge in [-0.15, -0.1) is 0 Å². The van der Waals surface area contributed by atoms with E-state index in [1.54, 1.807) is 0 Å². The molecule has 1 saturated heterocycles. The van der Waals surface area contributed by atoms with E-state index in [1.807, 2.05) is 59.5 Å². The maximum absolute atomic E-state index is 11.7. The zero-order valence-corrected chi connectivity index (χ0v) is 14.5. The highest BCUT2D eigenvalue weighted by Gasteiger charge is 2.34. The number of aromatic nitrogens is 2. The van der Waals surface area contributed by atoms with Gasteiger partial charge in [0.25, 0.3) is 0 Å². The molecule has 0 radical (unpaired) electrons. The maximum Gasteiger partial charge on any atom is 0.326 e. The number of carbonyl (C=O) groups is 1. The number of nitrogens with zero attached hydrogens (tertiary/aromatic N) is 3. The Kier molecular flexibility index (Phi) is 3.57. The summed E-state index contributed by atoms with van der Waals surface area (Å²) in [6.45, 7) is 0.633. The first-order valence-electron chi connectivity index (χ1n) is 8.96. The minimum atomic E-state index is -0.836. The Balaban J connectivity index is 1.81. The number of hydrogen-bond acceptors (Lipinski definition) is 5. The molecular formula is C21H17N3O3. The third kappa shape index (κ3) is 2.52. The van der Waals surface area contributed by atoms with E-state index in [2.05, 4.69) is 0 Å². The van der Waals surface area contributed by atoms with Crippen LogP contribution in [0, 0.1) is 0 Å². The van der Waals surface area contributed by atoms with E-state index in [9.17, 15) is 9.90 Å². The quantitative estimate of drug-likeness (QED) is 0.593. The molecule has 1 aliphatic heterocycles. The van der Waals surface area contributed by atoms with Crippen LogP contribution in [0.25, 0.3) is 33.5 Å². The maximum atomic E-state index is 11.7. The lowest BCUT2D eigenvalue weighted by Gasteiger charge is -2.22. The summed E-state index contributed by atoms with van der Waals surface area (Å²) in [5.74, 6) is 0.289. The van der Waals surface area contributed by atoms with E-state index in [4.69, 9.17) is 14.4 Å². The van der Waals surface area contributed by atoms with Gasteiger partial charge in [0.05, 0.1) is 0 Å². The van der Waals surface area contributed by atoms with Crippen molar-refractivity contribution in [1.29, 1.82) is 0 Å². The lowest BCUT2D eigenvalue weighted by molar-refractivity contribution is -0.138. The number of para-hydroxylation sites is 1. The Hall–Kier alpha value is -3.41. The van der Waals surface area contributed by atoms with Crippen molar-refractivity contribution in [3.63, 3.8) is 0 Å². The average Bonchev–Trinajstić information content (AvgIpc) is 3.33. The van der Waals surface area contributed by atoms with Crippen molar-refractivity contribution in [3.05, 3.63) is 54.6 Å². The highest BCUT2D eigenvalue weighted by molar-refractivity contribution is 6.06. The van der Waals surface area contributed by atoms with Gasteiger partial charge in [0.2, 0.25) is 0 Å². The predicted molar refractivity (Wildman–Crippen MR) is 103 cm³/mol. The molecular weight excluding hydrogens is 342 g/mol. The smallest absolute Gasteiger partial charge is 0.326 e. The number of aliphatic carboxylic acids is 1. The van der Waals surface area contributed by atoms with Crippen molar-refractivity contribution in [2.45, 2.75) is 18.9 Å². The third-order valence-electron chi connectivity index (χ3n) is 5.04. The summed E-state index contributed by atoms with van der Waals surface area (Å²) in [6.07, 6.45) is 1.41. The van der Waals surface area contributed by atoms with Crippen LogP contribution in [-0.4, -0.2) is 33.6 Å². The second-order valence-corrected chi connectivity index (χ2v) is 6.70. The molecule has 0 saturated carbocycles. The number of rotatable bonds is 3. The SMILES string of the molecule is O=C(O)C1CCCN1c1nc(-c2ccccc2)nc2c1oc1ccccc12. The molecule has 2 aromatic heterocycles. The van der Waals surface area contributed by atoms with Gasteiger partial charge in [0, 0.05) is 17.5 Å². The molecule has 0 amide bonds. The van der Waals surface area contributed by atoms with Crippen LogP contribution in [0.1, 0.15) is 12.8 Å². The van der Waals surface area contributed by atoms with Crippen LogP contribution in [0.2, 0.25) is 0 Å². The fourth-order valence-corrected chi connectivity index (χ4v) is 3.76. The lowest BCUT2D eigenvalue weighted by atomic mass is 10.2. The van der Waals surface area contributed by atoms with Gasteiger partial charge >= 0.3 is 5.97 Å². The zero-order chi connectivity index (χ0) is 18.4. The highest BCUT2D eigenvalue weighted by Crippen LogP contribution is 2.37. The Morgan fingerprint density at radius 3 is 2.67 bits per heavy atom. The summed E-state index contributed by atoms with van der Waals surface area (Å²) < 4.78 is 6.06. The van der Waals surface area contributed by atoms with Crippen molar-refractivity contribution < 1.29 is 14.3 Å². The monoisotopic (exact) mass is 359 g/mol. The first-order valence-corrected chi connectivity index (χ1v) is 8.96. The van der Waals surface area contributed by atoms with E-state index in [-0.39, 0.29) is 0 Å². The molecule has 1 fully saturated rings. The molecule has 1 aliphatic rings. The molecule has 0 bridgehead atoms. The van der Waals surface area contributed by atoms with Crippen molar-refractivity contribution in [2.75, 3.05) is 11.4 Å². The number of carboxylic acids is 1. The van der Waals surface area contributed by atoms with Crippen LogP contribution in [0.5, 0.6) is 0 Å². The molecule has 6 nitrogen and oxygen atoms in total. The molecule has 0 spiro atoms. The van der Waals surface area contributed by atoms with Crippen molar-refractivity contribution in [1.82, 2.24) is 9.97 Å². The van der Waals surface area contributed by atoms with Gasteiger partial charge < -0.3 is 14.4 Å². The molecule has 1 atom stereocenters. The van der Waals surface area contributed by atoms with Crippen LogP contribution in [0.4, 0.5) is 5.82 Å². The number of fused-ring (bicyclic) bond motifs is 3. The first-order chi connectivity index (χ1) is 13.2. The molecule has 6 heteroatoms. The van der Waals surface area contributed by atoms with Crippen LogP contribution in [-0.2, 0) is 4.79 Å². The largest absolute Gasteiger partial charge is 0.480 e. The second kappa shape index (κ2) is 6.09. The van der Waals surface area contributed by atoms with E-state index in [0.717, 1.165) is 23.0 Å². The number of benzene rings is 2. The molecule has 134 valence electrons. The van der Waals surface area contributed by atoms with Gasteiger partial charge in [-0.25, -0.2) is 14.8 Å². The predicted octanol–water partition coefficient (Wildman–Crippen LogP) is 4.10. The molecule has 1 unspecified atom stereocenters. The van der Waals surface area contributed by atoms with Crippen LogP contribution >= 0.6 is 0 Å². The Labute approximate surface area is 155 Å². The zero-order valence-electron chi connectivity index (χ0n) is 14.5. The Bertz CT molecular complexity index is 1150. The molecule has 5 rings (SSSR count). The molecule has 1 N–H and O–H groups in total. The summed E-state index contributed by atoms with van der Waals surface area (Å²) in [5.41, 5.74) is 2.87. The molecule has 0 aliphatic carbocycles. The standard InChI is InChI=1S/C21H17N3O3/c25-21(26)15-10-6-12-24(15)20-18-17(14-9-4-5-11-16(14)27-18)22-19(23-20)13-7-2-1-3-8-13/h1-5,7-9,11,15H,6,10,12H2,(H,25,26). The van der Waals surface area contributed by atoms with Crippen LogP contribution < -0.4 is 4.90 Å². The van der Waals surface area contributed by atoms with Crippen LogP contribution in [0.15, 0.2) is 59.0 Å². The Morgan fingerprint density at radius 2 is 1.85 bits per heavy atom. The third-order valence-corrected chi connectivity index (χ3v) is 5.04. The molecule has 2 aromatic carbocycles. The number of hydrogen-bond donors (Lipinski definition) is 1. The van der Waals surface area contributed by atoms with E-state index in [0.29, 0.717) is 35.7 Å². The van der Waals surface area contributed by atoms with E-state index < -0.39 is 12.0 Å². The van der Waals surface area contributed by atoms with Crippen LogP contribution in [0.3, 0.4) is 0 Å². The first kappa shape index (κ1) is 15.8. The minimum absolute atomic E-state index is 0.545. The number of furan rings is 1. The summed E-state index contributed by atoms with van der Waals surface area (Å²) in [4.78, 5) is 23.1. The average molecular weight is 359 g/mol. The van der Waals surface area contributed by atoms with Gasteiger partial charge in [-0.05, 0) is 25.0 Å². The molecule has 4 aromatic rings. The van der Waals surface area contributed by atoms with Gasteiger partial charge in [-0.3, -0.25) is 0 Å². The molecule has 3 heterocycles. The summed E-state index contributed by atoms with van der Waals surface area (Å²) in [5, 5.41) is 10.5. The fraction of sp³-hybridized carbons (Fsp3) is 0.190. The molecule has 27 heavy (non-hydrogen) atoms. The summed E-state index contributed by atoms with van der Waals surface area (Å²) in [6, 6.07) is 16.8. The van der Waals surface area contributed by atoms with Gasteiger partial charge in [0.15, 0.2) is 17.2 Å². The van der Waals surface area contributed by atoms with Gasteiger partial charge in [0.1, 0.15) is 17.1 Å². The highest BCUT2D eigenvalue weighted by atomic mass is 16.4. The lowest BCUT2D eigenvalue weighted by Crippen LogP contribution is -2.36. The van der Waals surface area contributed by atoms with Gasteiger partial charge in [-0.1, -0.05) is 42.5 Å². The normalized spacial score (nSPS) is 17.0. The van der Waals surface area contributed by atoms with Crippen molar-refractivity contribution >= 4 is 33.9 Å². The number of carboxylic acid groups (broad SMARTS) is 1. The van der Waals surface area contributed by atoms with E-state index >= 15 is 0 Å². The topological polar surface area (TPSA) is 79.5 Å².